The Kier molecular flexibility index (Phi) is 4.17. The fourth-order valence-electron chi connectivity index (χ4n) is 1.61. The molecule has 0 aliphatic rings. The van der Waals surface area contributed by atoms with Gasteiger partial charge in [0.1, 0.15) is 5.69 Å². The molecule has 0 aliphatic heterocycles. The van der Waals surface area contributed by atoms with Crippen molar-refractivity contribution in [1.29, 1.82) is 0 Å². The van der Waals surface area contributed by atoms with Crippen LogP contribution in [0.4, 0.5) is 24.5 Å². The van der Waals surface area contributed by atoms with Crippen molar-refractivity contribution in [2.75, 3.05) is 11.1 Å². The topological polar surface area (TPSA) is 50.9 Å². The molecule has 0 atom stereocenters. The minimum absolute atomic E-state index is 0.171. The third kappa shape index (κ3) is 3.41. The van der Waals surface area contributed by atoms with Gasteiger partial charge in [0.05, 0.1) is 17.6 Å². The standard InChI is InChI=1S/C13H11BrF3N3/c14-9-4-2-1-3-8(9)6-19-11-5-12(13(15,16)17)20-7-10(11)18/h1-5,7H,6,18H2,(H,19,20). The zero-order chi connectivity index (χ0) is 14.8. The molecule has 20 heavy (non-hydrogen) atoms. The van der Waals surface area contributed by atoms with E-state index in [4.69, 9.17) is 5.73 Å². The number of pyridine rings is 1. The number of anilines is 2. The van der Waals surface area contributed by atoms with Gasteiger partial charge in [-0.1, -0.05) is 34.1 Å². The summed E-state index contributed by atoms with van der Waals surface area (Å²) in [6.45, 7) is 0.354. The van der Waals surface area contributed by atoms with E-state index in [1.54, 1.807) is 0 Å². The molecule has 0 amide bonds. The van der Waals surface area contributed by atoms with Gasteiger partial charge in [0.25, 0.3) is 0 Å². The van der Waals surface area contributed by atoms with E-state index in [-0.39, 0.29) is 11.4 Å². The lowest BCUT2D eigenvalue weighted by molar-refractivity contribution is -0.141. The van der Waals surface area contributed by atoms with Crippen molar-refractivity contribution in [3.63, 3.8) is 0 Å². The van der Waals surface area contributed by atoms with E-state index >= 15 is 0 Å². The number of halogens is 4. The molecule has 7 heteroatoms. The van der Waals surface area contributed by atoms with Crippen LogP contribution >= 0.6 is 15.9 Å². The molecule has 0 fully saturated rings. The quantitative estimate of drug-likeness (QED) is 0.881. The summed E-state index contributed by atoms with van der Waals surface area (Å²) in [5.74, 6) is 0. The summed E-state index contributed by atoms with van der Waals surface area (Å²) >= 11 is 3.37. The van der Waals surface area contributed by atoms with Gasteiger partial charge in [-0.05, 0) is 17.7 Å². The van der Waals surface area contributed by atoms with E-state index in [2.05, 4.69) is 26.2 Å². The molecule has 0 aliphatic carbocycles. The molecule has 0 saturated carbocycles. The van der Waals surface area contributed by atoms with E-state index in [0.29, 0.717) is 6.54 Å². The fourth-order valence-corrected chi connectivity index (χ4v) is 2.03. The van der Waals surface area contributed by atoms with Crippen LogP contribution in [-0.2, 0) is 12.7 Å². The van der Waals surface area contributed by atoms with Crippen molar-refractivity contribution in [1.82, 2.24) is 4.98 Å². The Morgan fingerprint density at radius 1 is 1.25 bits per heavy atom. The zero-order valence-corrected chi connectivity index (χ0v) is 11.8. The number of aromatic nitrogens is 1. The first-order valence-corrected chi connectivity index (χ1v) is 6.47. The average Bonchev–Trinajstić information content (AvgIpc) is 2.38. The van der Waals surface area contributed by atoms with Gasteiger partial charge >= 0.3 is 6.18 Å². The maximum Gasteiger partial charge on any atom is 0.433 e. The van der Waals surface area contributed by atoms with Gasteiger partial charge in [0.2, 0.25) is 0 Å². The predicted octanol–water partition coefficient (Wildman–Crippen LogP) is 4.06. The maximum absolute atomic E-state index is 12.6. The summed E-state index contributed by atoms with van der Waals surface area (Å²) in [6.07, 6.45) is -3.48. The summed E-state index contributed by atoms with van der Waals surface area (Å²) in [4.78, 5) is 3.28. The minimum Gasteiger partial charge on any atom is -0.396 e. The molecule has 1 heterocycles. The second kappa shape index (κ2) is 5.70. The number of hydrogen-bond acceptors (Lipinski definition) is 3. The summed E-state index contributed by atoms with van der Waals surface area (Å²) in [5, 5.41) is 2.89. The summed E-state index contributed by atoms with van der Waals surface area (Å²) in [6, 6.07) is 8.33. The SMILES string of the molecule is Nc1cnc(C(F)(F)F)cc1NCc1ccccc1Br. The number of nitrogens with one attached hydrogen (secondary N) is 1. The molecular weight excluding hydrogens is 335 g/mol. The van der Waals surface area contributed by atoms with E-state index in [0.717, 1.165) is 22.3 Å². The van der Waals surface area contributed by atoms with Crippen LogP contribution in [0.25, 0.3) is 0 Å². The smallest absolute Gasteiger partial charge is 0.396 e. The lowest BCUT2D eigenvalue weighted by Gasteiger charge is -2.13. The molecule has 106 valence electrons. The first-order valence-electron chi connectivity index (χ1n) is 5.68. The van der Waals surface area contributed by atoms with Crippen LogP contribution in [0.2, 0.25) is 0 Å². The Hall–Kier alpha value is -1.76. The van der Waals surface area contributed by atoms with Gasteiger partial charge in [-0.25, -0.2) is 4.98 Å². The number of nitrogens with two attached hydrogens (primary N) is 1. The van der Waals surface area contributed by atoms with E-state index in [1.807, 2.05) is 24.3 Å². The molecule has 2 aromatic rings. The second-order valence-corrected chi connectivity index (χ2v) is 4.95. The number of rotatable bonds is 3. The van der Waals surface area contributed by atoms with Crippen LogP contribution in [0.3, 0.4) is 0 Å². The molecule has 2 rings (SSSR count). The van der Waals surface area contributed by atoms with Gasteiger partial charge in [0, 0.05) is 11.0 Å². The molecule has 0 spiro atoms. The summed E-state index contributed by atoms with van der Waals surface area (Å²) < 4.78 is 38.6. The van der Waals surface area contributed by atoms with Crippen LogP contribution in [0.1, 0.15) is 11.3 Å². The van der Waals surface area contributed by atoms with Gasteiger partial charge in [-0.15, -0.1) is 0 Å². The van der Waals surface area contributed by atoms with Gasteiger partial charge in [0.15, 0.2) is 0 Å². The van der Waals surface area contributed by atoms with Crippen molar-refractivity contribution in [3.05, 3.63) is 52.3 Å². The van der Waals surface area contributed by atoms with Crippen molar-refractivity contribution in [3.8, 4) is 0 Å². The highest BCUT2D eigenvalue weighted by Gasteiger charge is 2.32. The van der Waals surface area contributed by atoms with Crippen molar-refractivity contribution in [2.24, 2.45) is 0 Å². The minimum atomic E-state index is -4.49. The lowest BCUT2D eigenvalue weighted by atomic mass is 10.2. The molecule has 3 nitrogen and oxygen atoms in total. The molecule has 3 N–H and O–H groups in total. The largest absolute Gasteiger partial charge is 0.433 e. The molecular formula is C13H11BrF3N3. The van der Waals surface area contributed by atoms with E-state index in [1.165, 1.54) is 0 Å². The van der Waals surface area contributed by atoms with Crippen LogP contribution in [-0.4, -0.2) is 4.98 Å². The third-order valence-electron chi connectivity index (χ3n) is 2.65. The lowest BCUT2D eigenvalue weighted by Crippen LogP contribution is -2.11. The van der Waals surface area contributed by atoms with E-state index < -0.39 is 11.9 Å². The first-order chi connectivity index (χ1) is 9.38. The zero-order valence-electron chi connectivity index (χ0n) is 10.2. The van der Waals surface area contributed by atoms with Crippen LogP contribution in [0, 0.1) is 0 Å². The van der Waals surface area contributed by atoms with Crippen LogP contribution < -0.4 is 11.1 Å². The normalized spacial score (nSPS) is 11.4. The molecule has 0 radical (unpaired) electrons. The Morgan fingerprint density at radius 2 is 1.95 bits per heavy atom. The van der Waals surface area contributed by atoms with E-state index in [9.17, 15) is 13.2 Å². The Morgan fingerprint density at radius 3 is 2.60 bits per heavy atom. The van der Waals surface area contributed by atoms with Gasteiger partial charge < -0.3 is 11.1 Å². The molecule has 1 aromatic heterocycles. The molecule has 0 unspecified atom stereocenters. The molecule has 1 aromatic carbocycles. The molecule has 0 bridgehead atoms. The average molecular weight is 346 g/mol. The Labute approximate surface area is 122 Å². The number of benzene rings is 1. The highest BCUT2D eigenvalue weighted by Crippen LogP contribution is 2.31. The molecule has 0 saturated heterocycles. The monoisotopic (exact) mass is 345 g/mol. The van der Waals surface area contributed by atoms with Crippen molar-refractivity contribution < 1.29 is 13.2 Å². The summed E-state index contributed by atoms with van der Waals surface area (Å²) in [7, 11) is 0. The van der Waals surface area contributed by atoms with Crippen LogP contribution in [0.5, 0.6) is 0 Å². The second-order valence-electron chi connectivity index (χ2n) is 4.10. The maximum atomic E-state index is 12.6. The van der Waals surface area contributed by atoms with Gasteiger partial charge in [-0.2, -0.15) is 13.2 Å². The van der Waals surface area contributed by atoms with Crippen molar-refractivity contribution >= 4 is 27.3 Å². The highest BCUT2D eigenvalue weighted by molar-refractivity contribution is 9.10. The highest BCUT2D eigenvalue weighted by atomic mass is 79.9. The number of nitrogen functional groups attached to an aromatic ring is 1. The number of nitrogens with zero attached hydrogens (tertiary/aromatic N) is 1. The predicted molar refractivity (Wildman–Crippen MR) is 75.1 cm³/mol. The van der Waals surface area contributed by atoms with Gasteiger partial charge in [-0.3, -0.25) is 0 Å². The number of hydrogen-bond donors (Lipinski definition) is 2. The fraction of sp³-hybridized carbons (Fsp3) is 0.154. The third-order valence-corrected chi connectivity index (χ3v) is 3.43. The Balaban J connectivity index is 2.19. The van der Waals surface area contributed by atoms with Crippen molar-refractivity contribution in [2.45, 2.75) is 12.7 Å². The Bertz CT molecular complexity index is 614. The number of alkyl halides is 3. The van der Waals surface area contributed by atoms with Crippen LogP contribution in [0.15, 0.2) is 41.0 Å². The summed E-state index contributed by atoms with van der Waals surface area (Å²) in [5.41, 5.74) is 5.96. The first kappa shape index (κ1) is 14.6.